The normalized spacial score (nSPS) is 13.8. The molecule has 0 spiro atoms. The smallest absolute Gasteiger partial charge is 0.414 e. The molecule has 0 aliphatic carbocycles. The first-order chi connectivity index (χ1) is 7.43. The predicted octanol–water partition coefficient (Wildman–Crippen LogP) is 2.90. The Morgan fingerprint density at radius 2 is 1.81 bits per heavy atom. The molecule has 0 heterocycles. The van der Waals surface area contributed by atoms with Gasteiger partial charge in [-0.05, 0) is 30.5 Å². The Hall–Kier alpha value is -1.23. The van der Waals surface area contributed by atoms with E-state index >= 15 is 0 Å². The van der Waals surface area contributed by atoms with Gasteiger partial charge in [0.25, 0.3) is 0 Å². The van der Waals surface area contributed by atoms with Crippen molar-refractivity contribution in [3.8, 4) is 5.75 Å². The fraction of sp³-hybridized carbons (Fsp3) is 0.455. The van der Waals surface area contributed by atoms with Crippen LogP contribution in [0.15, 0.2) is 24.3 Å². The Labute approximate surface area is 91.7 Å². The van der Waals surface area contributed by atoms with Crippen molar-refractivity contribution in [1.29, 1.82) is 0 Å². The number of hydrogen-bond donors (Lipinski definition) is 1. The van der Waals surface area contributed by atoms with Crippen molar-refractivity contribution in [3.05, 3.63) is 29.8 Å². The van der Waals surface area contributed by atoms with Gasteiger partial charge in [0.05, 0.1) is 0 Å². The third kappa shape index (κ3) is 3.73. The summed E-state index contributed by atoms with van der Waals surface area (Å²) >= 11 is 0. The minimum atomic E-state index is -4.33. The number of hydrogen-bond acceptors (Lipinski definition) is 2. The van der Waals surface area contributed by atoms with Crippen molar-refractivity contribution >= 4 is 0 Å². The van der Waals surface area contributed by atoms with Gasteiger partial charge in [-0.25, -0.2) is 0 Å². The van der Waals surface area contributed by atoms with Gasteiger partial charge < -0.3 is 9.84 Å². The van der Waals surface area contributed by atoms with E-state index in [0.29, 0.717) is 0 Å². The Kier molecular flexibility index (Phi) is 4.18. The second-order valence-electron chi connectivity index (χ2n) is 3.47. The molecule has 1 N–H and O–H groups in total. The molecule has 1 aromatic carbocycles. The van der Waals surface area contributed by atoms with E-state index in [0.717, 1.165) is 12.7 Å². The van der Waals surface area contributed by atoms with Crippen LogP contribution in [0.4, 0.5) is 13.2 Å². The average Bonchev–Trinajstić information content (AvgIpc) is 2.19. The van der Waals surface area contributed by atoms with Gasteiger partial charge in [-0.1, -0.05) is 12.1 Å². The van der Waals surface area contributed by atoms with E-state index in [1.807, 2.05) is 0 Å². The van der Waals surface area contributed by atoms with Crippen LogP contribution in [-0.2, 0) is 11.2 Å². The quantitative estimate of drug-likeness (QED) is 0.867. The summed E-state index contributed by atoms with van der Waals surface area (Å²) in [6.45, 7) is 0. The Balaban J connectivity index is 2.53. The fourth-order valence-corrected chi connectivity index (χ4v) is 1.38. The Morgan fingerprint density at radius 1 is 1.25 bits per heavy atom. The summed E-state index contributed by atoms with van der Waals surface area (Å²) in [6, 6.07) is 6.09. The number of aryl methyl sites for hydroxylation is 1. The zero-order valence-electron chi connectivity index (χ0n) is 8.79. The summed E-state index contributed by atoms with van der Waals surface area (Å²) in [4.78, 5) is 0. The third-order valence-electron chi connectivity index (χ3n) is 2.28. The molecule has 1 rings (SSSR count). The highest BCUT2D eigenvalue weighted by Crippen LogP contribution is 2.26. The standard InChI is InChI=1S/C11H13F3O2/c1-16-10(11(12,13)14)7-4-8-2-5-9(15)6-3-8/h2-3,5-6,10,15H,4,7H2,1H3. The van der Waals surface area contributed by atoms with Crippen LogP contribution in [0.3, 0.4) is 0 Å². The van der Waals surface area contributed by atoms with Crippen LogP contribution in [-0.4, -0.2) is 24.5 Å². The number of alkyl halides is 3. The molecular weight excluding hydrogens is 221 g/mol. The topological polar surface area (TPSA) is 29.5 Å². The summed E-state index contributed by atoms with van der Waals surface area (Å²) in [5, 5.41) is 9.00. The molecule has 0 aromatic heterocycles. The number of phenols is 1. The second-order valence-corrected chi connectivity index (χ2v) is 3.47. The van der Waals surface area contributed by atoms with E-state index in [2.05, 4.69) is 4.74 Å². The van der Waals surface area contributed by atoms with E-state index in [1.54, 1.807) is 12.1 Å². The first-order valence-corrected chi connectivity index (χ1v) is 4.81. The van der Waals surface area contributed by atoms with Gasteiger partial charge in [0, 0.05) is 7.11 Å². The first kappa shape index (κ1) is 12.8. The lowest BCUT2D eigenvalue weighted by atomic mass is 10.1. The molecule has 0 amide bonds. The SMILES string of the molecule is COC(CCc1ccc(O)cc1)C(F)(F)F. The molecule has 0 fully saturated rings. The fourth-order valence-electron chi connectivity index (χ4n) is 1.38. The average molecular weight is 234 g/mol. The van der Waals surface area contributed by atoms with E-state index in [-0.39, 0.29) is 18.6 Å². The molecule has 1 unspecified atom stereocenters. The van der Waals surface area contributed by atoms with Gasteiger partial charge in [0.1, 0.15) is 5.75 Å². The lowest BCUT2D eigenvalue weighted by Gasteiger charge is -2.18. The number of phenolic OH excluding ortho intramolecular Hbond substituents is 1. The zero-order chi connectivity index (χ0) is 12.2. The molecule has 5 heteroatoms. The van der Waals surface area contributed by atoms with Crippen molar-refractivity contribution in [2.24, 2.45) is 0 Å². The molecule has 1 atom stereocenters. The van der Waals surface area contributed by atoms with Crippen LogP contribution >= 0.6 is 0 Å². The van der Waals surface area contributed by atoms with Crippen LogP contribution in [0, 0.1) is 0 Å². The van der Waals surface area contributed by atoms with Crippen molar-refractivity contribution in [2.45, 2.75) is 25.1 Å². The van der Waals surface area contributed by atoms with Gasteiger partial charge in [0.15, 0.2) is 6.10 Å². The van der Waals surface area contributed by atoms with Crippen LogP contribution in [0.25, 0.3) is 0 Å². The van der Waals surface area contributed by atoms with Gasteiger partial charge in [0.2, 0.25) is 0 Å². The van der Waals surface area contributed by atoms with Crippen LogP contribution in [0.1, 0.15) is 12.0 Å². The Bertz CT molecular complexity index is 319. The largest absolute Gasteiger partial charge is 0.508 e. The second kappa shape index (κ2) is 5.21. The minimum absolute atomic E-state index is 0.0999. The van der Waals surface area contributed by atoms with Crippen LogP contribution < -0.4 is 0 Å². The molecule has 0 saturated heterocycles. The minimum Gasteiger partial charge on any atom is -0.508 e. The third-order valence-corrected chi connectivity index (χ3v) is 2.28. The molecule has 0 saturated carbocycles. The number of ether oxygens (including phenoxy) is 1. The molecule has 90 valence electrons. The lowest BCUT2D eigenvalue weighted by molar-refractivity contribution is -0.214. The lowest BCUT2D eigenvalue weighted by Crippen LogP contribution is -2.31. The van der Waals surface area contributed by atoms with Gasteiger partial charge >= 0.3 is 6.18 Å². The molecule has 1 aromatic rings. The van der Waals surface area contributed by atoms with Crippen molar-refractivity contribution in [1.82, 2.24) is 0 Å². The molecule has 0 radical (unpaired) electrons. The highest BCUT2D eigenvalue weighted by molar-refractivity contribution is 5.25. The van der Waals surface area contributed by atoms with Crippen molar-refractivity contribution in [2.75, 3.05) is 7.11 Å². The molecular formula is C11H13F3O2. The monoisotopic (exact) mass is 234 g/mol. The van der Waals surface area contributed by atoms with E-state index < -0.39 is 12.3 Å². The van der Waals surface area contributed by atoms with Gasteiger partial charge in [-0.2, -0.15) is 13.2 Å². The molecule has 2 nitrogen and oxygen atoms in total. The maximum atomic E-state index is 12.3. The number of benzene rings is 1. The predicted molar refractivity (Wildman–Crippen MR) is 53.3 cm³/mol. The highest BCUT2D eigenvalue weighted by Gasteiger charge is 2.39. The molecule has 0 bridgehead atoms. The molecule has 0 aliphatic heterocycles. The summed E-state index contributed by atoms with van der Waals surface area (Å²) in [5.74, 6) is 0.0999. The molecule has 16 heavy (non-hydrogen) atoms. The number of aromatic hydroxyl groups is 1. The summed E-state index contributed by atoms with van der Waals surface area (Å²) in [7, 11) is 1.05. The van der Waals surface area contributed by atoms with Gasteiger partial charge in [-0.3, -0.25) is 0 Å². The zero-order valence-corrected chi connectivity index (χ0v) is 8.79. The summed E-state index contributed by atoms with van der Waals surface area (Å²) in [6.07, 6.45) is -5.92. The maximum Gasteiger partial charge on any atom is 0.414 e. The van der Waals surface area contributed by atoms with E-state index in [1.165, 1.54) is 12.1 Å². The summed E-state index contributed by atoms with van der Waals surface area (Å²) < 4.78 is 41.4. The maximum absolute atomic E-state index is 12.3. The van der Waals surface area contributed by atoms with E-state index in [4.69, 9.17) is 5.11 Å². The number of rotatable bonds is 4. The van der Waals surface area contributed by atoms with Crippen LogP contribution in [0.2, 0.25) is 0 Å². The van der Waals surface area contributed by atoms with Gasteiger partial charge in [-0.15, -0.1) is 0 Å². The van der Waals surface area contributed by atoms with Crippen molar-refractivity contribution < 1.29 is 23.0 Å². The summed E-state index contributed by atoms with van der Waals surface area (Å²) in [5.41, 5.74) is 0.740. The van der Waals surface area contributed by atoms with Crippen molar-refractivity contribution in [3.63, 3.8) is 0 Å². The number of methoxy groups -OCH3 is 1. The molecule has 0 aliphatic rings. The highest BCUT2D eigenvalue weighted by atomic mass is 19.4. The van der Waals surface area contributed by atoms with E-state index in [9.17, 15) is 13.2 Å². The Morgan fingerprint density at radius 3 is 2.25 bits per heavy atom. The number of halogens is 3. The first-order valence-electron chi connectivity index (χ1n) is 4.81. The van der Waals surface area contributed by atoms with Crippen LogP contribution in [0.5, 0.6) is 5.75 Å².